The Kier molecular flexibility index (Phi) is 4.61. The molecule has 3 aromatic rings. The van der Waals surface area contributed by atoms with E-state index in [1.807, 2.05) is 0 Å². The molecular formula is C18H22BrN3S. The number of rotatable bonds is 4. The number of hydrogen-bond donors (Lipinski definition) is 0. The number of aromatic nitrogens is 3. The maximum absolute atomic E-state index is 4.84. The average Bonchev–Trinajstić information content (AvgIpc) is 2.98. The van der Waals surface area contributed by atoms with E-state index in [0.29, 0.717) is 5.92 Å². The molecule has 0 saturated heterocycles. The first-order valence-electron chi connectivity index (χ1n) is 8.09. The molecule has 0 N–H and O–H groups in total. The molecule has 0 saturated carbocycles. The molecule has 0 aliphatic rings. The van der Waals surface area contributed by atoms with Crippen molar-refractivity contribution in [2.75, 3.05) is 0 Å². The fourth-order valence-electron chi connectivity index (χ4n) is 3.23. The van der Waals surface area contributed by atoms with Gasteiger partial charge in [0, 0.05) is 22.2 Å². The molecule has 5 heteroatoms. The monoisotopic (exact) mass is 391 g/mol. The number of halogens is 1. The minimum absolute atomic E-state index is 0.516. The van der Waals surface area contributed by atoms with Gasteiger partial charge >= 0.3 is 0 Å². The van der Waals surface area contributed by atoms with Crippen molar-refractivity contribution in [3.63, 3.8) is 0 Å². The third kappa shape index (κ3) is 2.85. The summed E-state index contributed by atoms with van der Waals surface area (Å²) < 4.78 is 3.22. The van der Waals surface area contributed by atoms with Gasteiger partial charge in [-0.15, -0.1) is 11.3 Å². The second-order valence-corrected chi connectivity index (χ2v) is 8.53. The molecule has 3 rings (SSSR count). The summed E-state index contributed by atoms with van der Waals surface area (Å²) >= 11 is 5.36. The second-order valence-electron chi connectivity index (χ2n) is 6.09. The largest absolute Gasteiger partial charge is 0.233 e. The molecule has 0 bridgehead atoms. The van der Waals surface area contributed by atoms with Crippen LogP contribution < -0.4 is 0 Å². The highest BCUT2D eigenvalue weighted by Crippen LogP contribution is 2.39. The lowest BCUT2D eigenvalue weighted by molar-refractivity contribution is 0.598. The number of hydrogen-bond acceptors (Lipinski definition) is 3. The Bertz CT molecular complexity index is 859. The van der Waals surface area contributed by atoms with E-state index >= 15 is 0 Å². The fourth-order valence-corrected chi connectivity index (χ4v) is 5.05. The molecule has 0 spiro atoms. The molecule has 3 aromatic heterocycles. The van der Waals surface area contributed by atoms with E-state index in [1.54, 1.807) is 11.3 Å². The zero-order valence-electron chi connectivity index (χ0n) is 14.3. The molecule has 23 heavy (non-hydrogen) atoms. The van der Waals surface area contributed by atoms with Crippen LogP contribution in [0.15, 0.2) is 15.9 Å². The highest BCUT2D eigenvalue weighted by atomic mass is 79.9. The molecule has 3 nitrogen and oxygen atoms in total. The summed E-state index contributed by atoms with van der Waals surface area (Å²) in [5.74, 6) is 0.516. The van der Waals surface area contributed by atoms with Crippen molar-refractivity contribution in [1.82, 2.24) is 14.6 Å². The van der Waals surface area contributed by atoms with Crippen LogP contribution in [-0.4, -0.2) is 14.6 Å². The Morgan fingerprint density at radius 2 is 1.87 bits per heavy atom. The lowest BCUT2D eigenvalue weighted by Crippen LogP contribution is -2.07. The van der Waals surface area contributed by atoms with E-state index in [2.05, 4.69) is 67.2 Å². The predicted octanol–water partition coefficient (Wildman–Crippen LogP) is 6.05. The summed E-state index contributed by atoms with van der Waals surface area (Å²) in [6.45, 7) is 10.8. The van der Waals surface area contributed by atoms with Gasteiger partial charge in [0.05, 0.1) is 15.0 Å². The normalized spacial score (nSPS) is 11.8. The van der Waals surface area contributed by atoms with Crippen LogP contribution in [0.25, 0.3) is 16.1 Å². The highest BCUT2D eigenvalue weighted by molar-refractivity contribution is 9.11. The van der Waals surface area contributed by atoms with Crippen molar-refractivity contribution >= 4 is 32.9 Å². The van der Waals surface area contributed by atoms with Crippen LogP contribution in [0.3, 0.4) is 0 Å². The predicted molar refractivity (Wildman–Crippen MR) is 102 cm³/mol. The highest BCUT2D eigenvalue weighted by Gasteiger charge is 2.21. The lowest BCUT2D eigenvalue weighted by Gasteiger charge is -2.15. The SMILES string of the molecule is CCC(CC)c1cc(C)nc2c(-c3sc(Br)cc3C)c(C)nn12. The van der Waals surface area contributed by atoms with Gasteiger partial charge < -0.3 is 0 Å². The van der Waals surface area contributed by atoms with E-state index in [1.165, 1.54) is 21.7 Å². The molecule has 0 fully saturated rings. The van der Waals surface area contributed by atoms with Crippen molar-refractivity contribution < 1.29 is 0 Å². The van der Waals surface area contributed by atoms with Gasteiger partial charge in [-0.1, -0.05) is 13.8 Å². The number of nitrogens with zero attached hydrogens (tertiary/aromatic N) is 3. The standard InChI is InChI=1S/C18H22BrN3S/c1-6-13(7-2)14-9-11(4)20-18-16(12(5)21-22(14)18)17-10(3)8-15(19)23-17/h8-9,13H,6-7H2,1-5H3. The minimum atomic E-state index is 0.516. The average molecular weight is 392 g/mol. The molecular weight excluding hydrogens is 370 g/mol. The molecule has 0 aliphatic heterocycles. The molecule has 0 radical (unpaired) electrons. The quantitative estimate of drug-likeness (QED) is 0.541. The van der Waals surface area contributed by atoms with Gasteiger partial charge in [0.15, 0.2) is 5.65 Å². The molecule has 0 aliphatic carbocycles. The van der Waals surface area contributed by atoms with E-state index in [-0.39, 0.29) is 0 Å². The van der Waals surface area contributed by atoms with E-state index in [4.69, 9.17) is 10.1 Å². The third-order valence-corrected chi connectivity index (χ3v) is 6.20. The van der Waals surface area contributed by atoms with Crippen molar-refractivity contribution in [1.29, 1.82) is 0 Å². The van der Waals surface area contributed by atoms with Crippen LogP contribution in [0.4, 0.5) is 0 Å². The van der Waals surface area contributed by atoms with Crippen molar-refractivity contribution in [3.8, 4) is 10.4 Å². The van der Waals surface area contributed by atoms with Gasteiger partial charge in [-0.05, 0) is 67.2 Å². The Morgan fingerprint density at radius 3 is 2.43 bits per heavy atom. The molecule has 0 unspecified atom stereocenters. The van der Waals surface area contributed by atoms with Crippen molar-refractivity contribution in [2.24, 2.45) is 0 Å². The Labute approximate surface area is 149 Å². The zero-order valence-corrected chi connectivity index (χ0v) is 16.7. The molecule has 122 valence electrons. The van der Waals surface area contributed by atoms with E-state index in [0.717, 1.165) is 33.7 Å². The van der Waals surface area contributed by atoms with Gasteiger partial charge in [0.2, 0.25) is 0 Å². The number of thiophene rings is 1. The fraction of sp³-hybridized carbons (Fsp3) is 0.444. The zero-order chi connectivity index (χ0) is 16.7. The lowest BCUT2D eigenvalue weighted by atomic mass is 9.98. The van der Waals surface area contributed by atoms with Gasteiger partial charge in [-0.25, -0.2) is 9.50 Å². The molecule has 0 atom stereocenters. The van der Waals surface area contributed by atoms with Crippen LogP contribution in [0.2, 0.25) is 0 Å². The number of fused-ring (bicyclic) bond motifs is 1. The molecule has 0 amide bonds. The number of aryl methyl sites for hydroxylation is 3. The third-order valence-electron chi connectivity index (χ3n) is 4.44. The van der Waals surface area contributed by atoms with Crippen LogP contribution in [0.5, 0.6) is 0 Å². The van der Waals surface area contributed by atoms with Crippen LogP contribution >= 0.6 is 27.3 Å². The molecule has 0 aromatic carbocycles. The second kappa shape index (κ2) is 6.36. The maximum atomic E-state index is 4.84. The first-order chi connectivity index (χ1) is 11.0. The van der Waals surface area contributed by atoms with Gasteiger partial charge in [0.25, 0.3) is 0 Å². The van der Waals surface area contributed by atoms with Gasteiger partial charge in [0.1, 0.15) is 0 Å². The van der Waals surface area contributed by atoms with Crippen LogP contribution in [0.1, 0.15) is 55.3 Å². The Hall–Kier alpha value is -1.20. The summed E-state index contributed by atoms with van der Waals surface area (Å²) in [6, 6.07) is 4.36. The van der Waals surface area contributed by atoms with Crippen LogP contribution in [0, 0.1) is 20.8 Å². The summed E-state index contributed by atoms with van der Waals surface area (Å²) in [5, 5.41) is 4.84. The van der Waals surface area contributed by atoms with E-state index in [9.17, 15) is 0 Å². The van der Waals surface area contributed by atoms with Gasteiger partial charge in [-0.3, -0.25) is 0 Å². The van der Waals surface area contributed by atoms with Crippen molar-refractivity contribution in [3.05, 3.63) is 38.6 Å². The van der Waals surface area contributed by atoms with Crippen LogP contribution in [-0.2, 0) is 0 Å². The van der Waals surface area contributed by atoms with Gasteiger partial charge in [-0.2, -0.15) is 5.10 Å². The molecule has 3 heterocycles. The maximum Gasteiger partial charge on any atom is 0.164 e. The Balaban J connectivity index is 2.33. The van der Waals surface area contributed by atoms with E-state index < -0.39 is 0 Å². The summed E-state index contributed by atoms with van der Waals surface area (Å²) in [7, 11) is 0. The summed E-state index contributed by atoms with van der Waals surface area (Å²) in [4.78, 5) is 6.09. The summed E-state index contributed by atoms with van der Waals surface area (Å²) in [5.41, 5.74) is 6.82. The van der Waals surface area contributed by atoms with Crippen molar-refractivity contribution in [2.45, 2.75) is 53.4 Å². The smallest absolute Gasteiger partial charge is 0.164 e. The first-order valence-corrected chi connectivity index (χ1v) is 9.70. The topological polar surface area (TPSA) is 30.2 Å². The summed E-state index contributed by atoms with van der Waals surface area (Å²) in [6.07, 6.45) is 2.24. The Morgan fingerprint density at radius 1 is 1.17 bits per heavy atom. The minimum Gasteiger partial charge on any atom is -0.233 e. The first kappa shape index (κ1) is 16.7.